The van der Waals surface area contributed by atoms with Crippen LogP contribution in [-0.4, -0.2) is 32.1 Å². The third-order valence-electron chi connectivity index (χ3n) is 5.04. The molecule has 4 heteroatoms. The van der Waals surface area contributed by atoms with Crippen molar-refractivity contribution in [2.75, 3.05) is 31.1 Å². The molecule has 2 aromatic rings. The van der Waals surface area contributed by atoms with Crippen LogP contribution >= 0.6 is 0 Å². The van der Waals surface area contributed by atoms with E-state index in [4.69, 9.17) is 4.74 Å². The molecule has 1 aliphatic rings. The fourth-order valence-electron chi connectivity index (χ4n) is 3.49. The van der Waals surface area contributed by atoms with Crippen LogP contribution in [0.3, 0.4) is 0 Å². The summed E-state index contributed by atoms with van der Waals surface area (Å²) in [4.78, 5) is 14.7. The molecule has 1 fully saturated rings. The van der Waals surface area contributed by atoms with Crippen LogP contribution in [0.4, 0.5) is 5.69 Å². The van der Waals surface area contributed by atoms with Gasteiger partial charge in [-0.15, -0.1) is 0 Å². The molecule has 0 aromatic heterocycles. The van der Waals surface area contributed by atoms with Crippen molar-refractivity contribution in [1.82, 2.24) is 5.32 Å². The number of piperidine rings is 1. The minimum absolute atomic E-state index is 0.0547. The number of amides is 1. The van der Waals surface area contributed by atoms with Gasteiger partial charge in [0.25, 0.3) is 5.91 Å². The van der Waals surface area contributed by atoms with Gasteiger partial charge in [0, 0.05) is 24.3 Å². The smallest absolute Gasteiger partial charge is 0.251 e. The highest BCUT2D eigenvalue weighted by atomic mass is 16.5. The van der Waals surface area contributed by atoms with Crippen LogP contribution < -0.4 is 15.0 Å². The Morgan fingerprint density at radius 2 is 1.74 bits per heavy atom. The first-order chi connectivity index (χ1) is 13.1. The van der Waals surface area contributed by atoms with Crippen LogP contribution in [0.1, 0.15) is 54.9 Å². The zero-order chi connectivity index (χ0) is 19.1. The van der Waals surface area contributed by atoms with Gasteiger partial charge in [0.05, 0.1) is 6.54 Å². The number of ether oxygens (including phenoxy) is 1. The summed E-state index contributed by atoms with van der Waals surface area (Å²) in [7, 11) is 0. The highest BCUT2D eigenvalue weighted by molar-refractivity contribution is 5.94. The van der Waals surface area contributed by atoms with E-state index < -0.39 is 0 Å². The number of para-hydroxylation sites is 1. The number of hydrogen-bond acceptors (Lipinski definition) is 3. The van der Waals surface area contributed by atoms with E-state index in [1.54, 1.807) is 0 Å². The molecule has 144 valence electrons. The molecule has 1 amide bonds. The third kappa shape index (κ3) is 5.25. The van der Waals surface area contributed by atoms with Gasteiger partial charge in [-0.05, 0) is 61.1 Å². The number of nitrogens with zero attached hydrogens (tertiary/aromatic N) is 1. The lowest BCUT2D eigenvalue weighted by molar-refractivity contribution is 0.0947. The second kappa shape index (κ2) is 9.45. The van der Waals surface area contributed by atoms with Crippen LogP contribution in [0.2, 0.25) is 0 Å². The number of anilines is 1. The van der Waals surface area contributed by atoms with Gasteiger partial charge in [0.15, 0.2) is 0 Å². The van der Waals surface area contributed by atoms with E-state index in [9.17, 15) is 4.79 Å². The fraction of sp³-hybridized carbons (Fsp3) is 0.435. The van der Waals surface area contributed by atoms with E-state index >= 15 is 0 Å². The molecule has 3 rings (SSSR count). The molecule has 0 aliphatic carbocycles. The SMILES string of the molecule is CC(C)c1ccccc1OCCNC(=O)c1ccc(N2CCCCC2)cc1. The van der Waals surface area contributed by atoms with Gasteiger partial charge in [0.2, 0.25) is 0 Å². The van der Waals surface area contributed by atoms with Crippen LogP contribution in [-0.2, 0) is 0 Å². The third-order valence-corrected chi connectivity index (χ3v) is 5.04. The van der Waals surface area contributed by atoms with Crippen molar-refractivity contribution in [1.29, 1.82) is 0 Å². The van der Waals surface area contributed by atoms with E-state index in [1.165, 1.54) is 30.5 Å². The average molecular weight is 367 g/mol. The van der Waals surface area contributed by atoms with E-state index in [0.717, 1.165) is 18.8 Å². The standard InChI is InChI=1S/C23H30N2O2/c1-18(2)21-8-4-5-9-22(21)27-17-14-24-23(26)19-10-12-20(13-11-19)25-15-6-3-7-16-25/h4-5,8-13,18H,3,6-7,14-17H2,1-2H3,(H,24,26). The Morgan fingerprint density at radius 3 is 2.44 bits per heavy atom. The van der Waals surface area contributed by atoms with Crippen molar-refractivity contribution in [2.24, 2.45) is 0 Å². The molecule has 2 aromatic carbocycles. The van der Waals surface area contributed by atoms with Gasteiger partial charge in [-0.2, -0.15) is 0 Å². The number of nitrogens with one attached hydrogen (secondary N) is 1. The van der Waals surface area contributed by atoms with E-state index in [1.807, 2.05) is 30.3 Å². The van der Waals surface area contributed by atoms with Gasteiger partial charge in [-0.1, -0.05) is 32.0 Å². The van der Waals surface area contributed by atoms with Crippen molar-refractivity contribution < 1.29 is 9.53 Å². The van der Waals surface area contributed by atoms with Crippen molar-refractivity contribution in [3.05, 3.63) is 59.7 Å². The molecular formula is C23H30N2O2. The highest BCUT2D eigenvalue weighted by Crippen LogP contribution is 2.25. The maximum absolute atomic E-state index is 12.3. The average Bonchev–Trinajstić information content (AvgIpc) is 2.72. The maximum atomic E-state index is 12.3. The molecule has 0 radical (unpaired) electrons. The number of hydrogen-bond donors (Lipinski definition) is 1. The van der Waals surface area contributed by atoms with E-state index in [2.05, 4.69) is 42.3 Å². The van der Waals surface area contributed by atoms with Crippen LogP contribution in [0, 0.1) is 0 Å². The molecule has 0 saturated carbocycles. The van der Waals surface area contributed by atoms with Crippen molar-refractivity contribution in [2.45, 2.75) is 39.0 Å². The Balaban J connectivity index is 1.47. The maximum Gasteiger partial charge on any atom is 0.251 e. The minimum atomic E-state index is -0.0547. The summed E-state index contributed by atoms with van der Waals surface area (Å²) in [5, 5.41) is 2.94. The predicted molar refractivity (Wildman–Crippen MR) is 111 cm³/mol. The summed E-state index contributed by atoms with van der Waals surface area (Å²) in [6.07, 6.45) is 3.82. The normalized spacial score (nSPS) is 14.3. The first-order valence-electron chi connectivity index (χ1n) is 10.00. The summed E-state index contributed by atoms with van der Waals surface area (Å²) in [5.74, 6) is 1.25. The summed E-state index contributed by atoms with van der Waals surface area (Å²) in [6, 6.07) is 16.0. The van der Waals surface area contributed by atoms with Crippen molar-refractivity contribution in [3.63, 3.8) is 0 Å². The zero-order valence-corrected chi connectivity index (χ0v) is 16.4. The lowest BCUT2D eigenvalue weighted by Gasteiger charge is -2.28. The molecule has 0 bridgehead atoms. The van der Waals surface area contributed by atoms with Crippen LogP contribution in [0.25, 0.3) is 0 Å². The second-order valence-electron chi connectivity index (χ2n) is 7.39. The van der Waals surface area contributed by atoms with Crippen molar-refractivity contribution >= 4 is 11.6 Å². The van der Waals surface area contributed by atoms with Crippen LogP contribution in [0.15, 0.2) is 48.5 Å². The summed E-state index contributed by atoms with van der Waals surface area (Å²) in [6.45, 7) is 7.47. The van der Waals surface area contributed by atoms with E-state index in [-0.39, 0.29) is 5.91 Å². The Bertz CT molecular complexity index is 734. The predicted octanol–water partition coefficient (Wildman–Crippen LogP) is 4.61. The zero-order valence-electron chi connectivity index (χ0n) is 16.4. The molecule has 1 heterocycles. The molecule has 1 N–H and O–H groups in total. The summed E-state index contributed by atoms with van der Waals surface area (Å²) in [5.41, 5.74) is 3.09. The molecule has 1 saturated heterocycles. The second-order valence-corrected chi connectivity index (χ2v) is 7.39. The number of carbonyl (C=O) groups is 1. The van der Waals surface area contributed by atoms with Gasteiger partial charge < -0.3 is 15.0 Å². The number of benzene rings is 2. The topological polar surface area (TPSA) is 41.6 Å². The van der Waals surface area contributed by atoms with Gasteiger partial charge in [0.1, 0.15) is 12.4 Å². The van der Waals surface area contributed by atoms with E-state index in [0.29, 0.717) is 24.6 Å². The monoisotopic (exact) mass is 366 g/mol. The Hall–Kier alpha value is -2.49. The molecule has 1 aliphatic heterocycles. The summed E-state index contributed by atoms with van der Waals surface area (Å²) >= 11 is 0. The molecule has 0 unspecified atom stereocenters. The van der Waals surface area contributed by atoms with Crippen molar-refractivity contribution in [3.8, 4) is 5.75 Å². The number of rotatable bonds is 7. The first-order valence-corrected chi connectivity index (χ1v) is 10.00. The molecule has 27 heavy (non-hydrogen) atoms. The number of carbonyl (C=O) groups excluding carboxylic acids is 1. The first kappa shape index (κ1) is 19.3. The Kier molecular flexibility index (Phi) is 6.74. The van der Waals surface area contributed by atoms with Gasteiger partial charge in [-0.25, -0.2) is 0 Å². The van der Waals surface area contributed by atoms with Crippen LogP contribution in [0.5, 0.6) is 5.75 Å². The Morgan fingerprint density at radius 1 is 1.04 bits per heavy atom. The Labute approximate surface area is 162 Å². The highest BCUT2D eigenvalue weighted by Gasteiger charge is 2.12. The largest absolute Gasteiger partial charge is 0.491 e. The quantitative estimate of drug-likeness (QED) is 0.728. The lowest BCUT2D eigenvalue weighted by atomic mass is 10.0. The molecule has 0 atom stereocenters. The fourth-order valence-corrected chi connectivity index (χ4v) is 3.49. The van der Waals surface area contributed by atoms with Gasteiger partial charge in [-0.3, -0.25) is 4.79 Å². The minimum Gasteiger partial charge on any atom is -0.491 e. The molecular weight excluding hydrogens is 336 g/mol. The molecule has 0 spiro atoms. The van der Waals surface area contributed by atoms with Gasteiger partial charge >= 0.3 is 0 Å². The molecule has 4 nitrogen and oxygen atoms in total. The lowest BCUT2D eigenvalue weighted by Crippen LogP contribution is -2.30. The summed E-state index contributed by atoms with van der Waals surface area (Å²) < 4.78 is 5.86.